The van der Waals surface area contributed by atoms with Crippen LogP contribution in [0.15, 0.2) is 34.8 Å². The van der Waals surface area contributed by atoms with Gasteiger partial charge in [0.25, 0.3) is 0 Å². The van der Waals surface area contributed by atoms with Gasteiger partial charge in [-0.05, 0) is 37.0 Å². The van der Waals surface area contributed by atoms with E-state index in [-0.39, 0.29) is 27.3 Å². The van der Waals surface area contributed by atoms with Crippen LogP contribution in [0.3, 0.4) is 0 Å². The van der Waals surface area contributed by atoms with Crippen molar-refractivity contribution in [2.24, 2.45) is 0 Å². The van der Waals surface area contributed by atoms with Crippen LogP contribution in [-0.2, 0) is 22.9 Å². The van der Waals surface area contributed by atoms with Crippen molar-refractivity contribution in [2.75, 3.05) is 24.2 Å². The van der Waals surface area contributed by atoms with Gasteiger partial charge in [0.1, 0.15) is 6.61 Å². The minimum atomic E-state index is -3.41. The van der Waals surface area contributed by atoms with Gasteiger partial charge < -0.3 is 9.64 Å². The van der Waals surface area contributed by atoms with E-state index < -0.39 is 9.84 Å². The number of anilines is 1. The molecule has 0 spiro atoms. The number of rotatable bonds is 7. The van der Waals surface area contributed by atoms with Gasteiger partial charge in [0.2, 0.25) is 5.95 Å². The van der Waals surface area contributed by atoms with Crippen molar-refractivity contribution in [3.63, 3.8) is 0 Å². The molecule has 0 aliphatic carbocycles. The van der Waals surface area contributed by atoms with Crippen molar-refractivity contribution in [3.8, 4) is 5.75 Å². The first-order valence-electron chi connectivity index (χ1n) is 10.6. The fourth-order valence-electron chi connectivity index (χ4n) is 3.63. The third-order valence-electron chi connectivity index (χ3n) is 5.56. The molecule has 3 aromatic rings. The van der Waals surface area contributed by atoms with Crippen LogP contribution in [0.25, 0.3) is 0 Å². The largest absolute Gasteiger partial charge is 0.484 e. The monoisotopic (exact) mass is 526 g/mol. The molecule has 0 amide bonds. The van der Waals surface area contributed by atoms with E-state index in [0.29, 0.717) is 5.92 Å². The zero-order chi connectivity index (χ0) is 23.6. The first-order valence-corrected chi connectivity index (χ1v) is 14.1. The Morgan fingerprint density at radius 2 is 1.79 bits per heavy atom. The van der Waals surface area contributed by atoms with Crippen LogP contribution in [0, 0.1) is 0 Å². The van der Waals surface area contributed by atoms with Crippen LogP contribution in [0.2, 0.25) is 10.0 Å². The number of piperidine rings is 1. The predicted octanol–water partition coefficient (Wildman–Crippen LogP) is 5.17. The van der Waals surface area contributed by atoms with Gasteiger partial charge in [-0.2, -0.15) is 0 Å². The molecule has 0 saturated carbocycles. The lowest BCUT2D eigenvalue weighted by atomic mass is 9.98. The zero-order valence-corrected chi connectivity index (χ0v) is 21.4. The highest BCUT2D eigenvalue weighted by atomic mass is 35.5. The SMILES string of the molecule is CCc1cnc(N2CCC(c3nc(COc4c(Cl)cc(S(C)(=O)=O)cc4Cl)cs3)CC2)nc1. The van der Waals surface area contributed by atoms with E-state index in [1.807, 2.05) is 17.8 Å². The van der Waals surface area contributed by atoms with Crippen LogP contribution in [0.1, 0.15) is 41.9 Å². The number of benzene rings is 1. The lowest BCUT2D eigenvalue weighted by molar-refractivity contribution is 0.301. The molecule has 1 saturated heterocycles. The molecule has 0 bridgehead atoms. The Labute approximate surface area is 207 Å². The Morgan fingerprint density at radius 1 is 1.15 bits per heavy atom. The van der Waals surface area contributed by atoms with Crippen molar-refractivity contribution >= 4 is 50.3 Å². The van der Waals surface area contributed by atoms with Gasteiger partial charge in [-0.3, -0.25) is 0 Å². The molecule has 0 atom stereocenters. The summed E-state index contributed by atoms with van der Waals surface area (Å²) in [7, 11) is -3.41. The second-order valence-corrected chi connectivity index (χ2v) is 11.7. The van der Waals surface area contributed by atoms with Crippen molar-refractivity contribution in [1.29, 1.82) is 0 Å². The highest BCUT2D eigenvalue weighted by Gasteiger charge is 2.24. The maximum Gasteiger partial charge on any atom is 0.225 e. The van der Waals surface area contributed by atoms with E-state index in [2.05, 4.69) is 21.8 Å². The summed E-state index contributed by atoms with van der Waals surface area (Å²) in [4.78, 5) is 16.0. The average Bonchev–Trinajstić information content (AvgIpc) is 3.27. The first kappa shape index (κ1) is 24.2. The molecule has 1 aliphatic rings. The molecule has 0 radical (unpaired) electrons. The van der Waals surface area contributed by atoms with Crippen molar-refractivity contribution in [2.45, 2.75) is 43.6 Å². The highest BCUT2D eigenvalue weighted by molar-refractivity contribution is 7.90. The fourth-order valence-corrected chi connectivity index (χ4v) is 6.00. The predicted molar refractivity (Wildman–Crippen MR) is 132 cm³/mol. The maximum absolute atomic E-state index is 11.7. The third kappa shape index (κ3) is 5.77. The van der Waals surface area contributed by atoms with E-state index >= 15 is 0 Å². The van der Waals surface area contributed by atoms with Crippen molar-refractivity contribution in [3.05, 3.63) is 56.2 Å². The van der Waals surface area contributed by atoms with Crippen LogP contribution in [-0.4, -0.2) is 42.7 Å². The normalized spacial score (nSPS) is 15.1. The summed E-state index contributed by atoms with van der Waals surface area (Å²) in [6.07, 6.45) is 7.80. The molecular weight excluding hydrogens is 503 g/mol. The smallest absolute Gasteiger partial charge is 0.225 e. The van der Waals surface area contributed by atoms with Crippen LogP contribution >= 0.6 is 34.5 Å². The second-order valence-electron chi connectivity index (χ2n) is 7.96. The van der Waals surface area contributed by atoms with E-state index in [9.17, 15) is 8.42 Å². The van der Waals surface area contributed by atoms with Gasteiger partial charge in [-0.25, -0.2) is 23.4 Å². The Kier molecular flexibility index (Phi) is 7.43. The number of aryl methyl sites for hydroxylation is 1. The van der Waals surface area contributed by atoms with Crippen LogP contribution in [0.4, 0.5) is 5.95 Å². The van der Waals surface area contributed by atoms with Crippen LogP contribution < -0.4 is 9.64 Å². The van der Waals surface area contributed by atoms with Gasteiger partial charge in [-0.15, -0.1) is 11.3 Å². The zero-order valence-electron chi connectivity index (χ0n) is 18.3. The molecule has 1 aromatic carbocycles. The third-order valence-corrected chi connectivity index (χ3v) is 8.27. The van der Waals surface area contributed by atoms with Gasteiger partial charge in [0.15, 0.2) is 15.6 Å². The number of ether oxygens (including phenoxy) is 1. The molecule has 4 rings (SSSR count). The highest BCUT2D eigenvalue weighted by Crippen LogP contribution is 2.37. The van der Waals surface area contributed by atoms with E-state index in [0.717, 1.165) is 60.8 Å². The molecule has 1 fully saturated rings. The quantitative estimate of drug-likeness (QED) is 0.419. The van der Waals surface area contributed by atoms with Gasteiger partial charge in [0, 0.05) is 43.0 Å². The number of nitrogens with zero attached hydrogens (tertiary/aromatic N) is 4. The molecule has 1 aliphatic heterocycles. The molecule has 2 aromatic heterocycles. The molecule has 11 heteroatoms. The minimum absolute atomic E-state index is 0.0545. The number of aromatic nitrogens is 3. The number of thiazole rings is 1. The summed E-state index contributed by atoms with van der Waals surface area (Å²) in [5, 5.41) is 3.36. The number of hydrogen-bond acceptors (Lipinski definition) is 8. The molecule has 33 heavy (non-hydrogen) atoms. The van der Waals surface area contributed by atoms with Gasteiger partial charge in [0.05, 0.1) is 25.6 Å². The number of halogens is 2. The first-order chi connectivity index (χ1) is 15.7. The second kappa shape index (κ2) is 10.1. The van der Waals surface area contributed by atoms with Gasteiger partial charge >= 0.3 is 0 Å². The molecule has 176 valence electrons. The minimum Gasteiger partial charge on any atom is -0.484 e. The molecule has 0 N–H and O–H groups in total. The molecule has 0 unspecified atom stereocenters. The molecule has 7 nitrogen and oxygen atoms in total. The maximum atomic E-state index is 11.7. The molecular formula is C22H24Cl2N4O3S2. The van der Waals surface area contributed by atoms with E-state index in [4.69, 9.17) is 32.9 Å². The summed E-state index contributed by atoms with van der Waals surface area (Å²) in [6, 6.07) is 2.69. The average molecular weight is 527 g/mol. The van der Waals surface area contributed by atoms with E-state index in [1.165, 1.54) is 12.1 Å². The topological polar surface area (TPSA) is 85.3 Å². The fraction of sp³-hybridized carbons (Fsp3) is 0.409. The Bertz CT molecular complexity index is 1200. The summed E-state index contributed by atoms with van der Waals surface area (Å²) in [5.41, 5.74) is 1.93. The van der Waals surface area contributed by atoms with Crippen LogP contribution in [0.5, 0.6) is 5.75 Å². The Morgan fingerprint density at radius 3 is 2.36 bits per heavy atom. The summed E-state index contributed by atoms with van der Waals surface area (Å²) in [5.74, 6) is 1.42. The summed E-state index contributed by atoms with van der Waals surface area (Å²) in [6.45, 7) is 4.07. The number of hydrogen-bond donors (Lipinski definition) is 0. The Hall–Kier alpha value is -1.94. The summed E-state index contributed by atoms with van der Waals surface area (Å²) < 4.78 is 29.2. The van der Waals surface area contributed by atoms with E-state index in [1.54, 1.807) is 11.3 Å². The molecule has 3 heterocycles. The van der Waals surface area contributed by atoms with Crippen molar-refractivity contribution in [1.82, 2.24) is 15.0 Å². The van der Waals surface area contributed by atoms with Gasteiger partial charge in [-0.1, -0.05) is 30.1 Å². The number of sulfone groups is 1. The lowest BCUT2D eigenvalue weighted by Crippen LogP contribution is -2.34. The summed E-state index contributed by atoms with van der Waals surface area (Å²) >= 11 is 14.0. The standard InChI is InChI=1S/C22H24Cl2N4O3S2/c1-3-14-10-25-22(26-11-14)28-6-4-15(5-7-28)21-27-16(13-32-21)12-31-20-18(23)8-17(9-19(20)24)33(2,29)30/h8-11,13,15H,3-7,12H2,1-2H3. The van der Waals surface area contributed by atoms with Crippen molar-refractivity contribution < 1.29 is 13.2 Å². The lowest BCUT2D eigenvalue weighted by Gasteiger charge is -2.31. The Balaban J connectivity index is 1.35.